The fraction of sp³-hybridized carbons (Fsp3) is 0.310. The first-order valence-corrected chi connectivity index (χ1v) is 14.0. The number of hydrogen-bond acceptors (Lipinski definition) is 3. The van der Waals surface area contributed by atoms with E-state index in [9.17, 15) is 14.0 Å². The lowest BCUT2D eigenvalue weighted by Gasteiger charge is -2.32. The quantitative estimate of drug-likeness (QED) is 0.265. The second-order valence-corrected chi connectivity index (χ2v) is 11.0. The summed E-state index contributed by atoms with van der Waals surface area (Å²) < 4.78 is 14.6. The molecule has 0 aromatic heterocycles. The summed E-state index contributed by atoms with van der Waals surface area (Å²) in [5.41, 5.74) is 2.01. The highest BCUT2D eigenvalue weighted by Gasteiger charge is 2.31. The number of amides is 2. The highest BCUT2D eigenvalue weighted by Crippen LogP contribution is 2.28. The predicted octanol–water partition coefficient (Wildman–Crippen LogP) is 6.78. The maximum absolute atomic E-state index is 14.6. The minimum absolute atomic E-state index is 0.0223. The topological polar surface area (TPSA) is 49.4 Å². The smallest absolute Gasteiger partial charge is 0.243 e. The van der Waals surface area contributed by atoms with Gasteiger partial charge in [0.2, 0.25) is 11.8 Å². The summed E-state index contributed by atoms with van der Waals surface area (Å²) in [6.45, 7) is 4.47. The Bertz CT molecular complexity index is 1170. The molecular formula is C29H31Cl2FN2O2S. The van der Waals surface area contributed by atoms with Gasteiger partial charge < -0.3 is 10.2 Å². The van der Waals surface area contributed by atoms with Gasteiger partial charge in [0.1, 0.15) is 11.9 Å². The molecular weight excluding hydrogens is 530 g/mol. The van der Waals surface area contributed by atoms with Crippen molar-refractivity contribution in [3.8, 4) is 0 Å². The van der Waals surface area contributed by atoms with Crippen molar-refractivity contribution in [2.75, 3.05) is 12.3 Å². The van der Waals surface area contributed by atoms with Gasteiger partial charge in [-0.2, -0.15) is 0 Å². The normalized spacial score (nSPS) is 11.8. The first kappa shape index (κ1) is 29.0. The SMILES string of the molecule is CC(C)CNC(=O)[C@@H](Cc1ccccc1)N(Cc1ccccc1F)C(=O)CSCc1c(Cl)cccc1Cl. The van der Waals surface area contributed by atoms with Gasteiger partial charge in [-0.25, -0.2) is 4.39 Å². The standard InChI is InChI=1S/C29H31Cl2FN2O2S/c1-20(2)16-33-29(36)27(15-21-9-4-3-5-10-21)34(17-22-11-6-7-14-26(22)32)28(35)19-37-18-23-24(30)12-8-13-25(23)31/h3-14,20,27H,15-19H2,1-2H3,(H,33,36)/t27-/m1/s1. The Balaban J connectivity index is 1.87. The van der Waals surface area contributed by atoms with E-state index in [4.69, 9.17) is 23.2 Å². The van der Waals surface area contributed by atoms with Gasteiger partial charge >= 0.3 is 0 Å². The summed E-state index contributed by atoms with van der Waals surface area (Å²) in [5.74, 6) is -0.192. The van der Waals surface area contributed by atoms with Gasteiger partial charge in [-0.05, 0) is 35.2 Å². The Labute approximate surface area is 232 Å². The fourth-order valence-corrected chi connectivity index (χ4v) is 5.43. The Morgan fingerprint density at radius 1 is 0.946 bits per heavy atom. The lowest BCUT2D eigenvalue weighted by molar-refractivity contribution is -0.139. The summed E-state index contributed by atoms with van der Waals surface area (Å²) in [5, 5.41) is 4.03. The van der Waals surface area contributed by atoms with E-state index in [0.717, 1.165) is 11.1 Å². The van der Waals surface area contributed by atoms with Crippen LogP contribution in [-0.4, -0.2) is 35.1 Å². The molecule has 0 bridgehead atoms. The third-order valence-corrected chi connectivity index (χ3v) is 7.44. The highest BCUT2D eigenvalue weighted by atomic mass is 35.5. The molecule has 0 radical (unpaired) electrons. The lowest BCUT2D eigenvalue weighted by Crippen LogP contribution is -2.51. The van der Waals surface area contributed by atoms with Crippen molar-refractivity contribution in [3.05, 3.63) is 105 Å². The molecule has 3 aromatic carbocycles. The van der Waals surface area contributed by atoms with Crippen molar-refractivity contribution >= 4 is 46.8 Å². The van der Waals surface area contributed by atoms with Gasteiger partial charge in [0.25, 0.3) is 0 Å². The summed E-state index contributed by atoms with van der Waals surface area (Å²) in [7, 11) is 0. The zero-order valence-corrected chi connectivity index (χ0v) is 23.3. The first-order valence-electron chi connectivity index (χ1n) is 12.1. The van der Waals surface area contributed by atoms with Crippen LogP contribution in [0.5, 0.6) is 0 Å². The second kappa shape index (κ2) is 14.4. The zero-order valence-electron chi connectivity index (χ0n) is 20.9. The summed E-state index contributed by atoms with van der Waals surface area (Å²) >= 11 is 13.9. The molecule has 4 nitrogen and oxygen atoms in total. The van der Waals surface area contributed by atoms with Gasteiger partial charge in [0.05, 0.1) is 5.75 Å². The number of nitrogens with one attached hydrogen (secondary N) is 1. The van der Waals surface area contributed by atoms with Crippen LogP contribution in [-0.2, 0) is 28.3 Å². The van der Waals surface area contributed by atoms with Crippen molar-refractivity contribution in [1.29, 1.82) is 0 Å². The summed E-state index contributed by atoms with van der Waals surface area (Å²) in [4.78, 5) is 28.5. The molecule has 196 valence electrons. The van der Waals surface area contributed by atoms with Gasteiger partial charge in [-0.15, -0.1) is 11.8 Å². The van der Waals surface area contributed by atoms with Crippen LogP contribution in [0.3, 0.4) is 0 Å². The van der Waals surface area contributed by atoms with Crippen molar-refractivity contribution in [2.45, 2.75) is 38.6 Å². The number of rotatable bonds is 12. The number of thioether (sulfide) groups is 1. The third kappa shape index (κ3) is 8.77. The van der Waals surface area contributed by atoms with E-state index in [1.54, 1.807) is 36.4 Å². The van der Waals surface area contributed by atoms with Crippen LogP contribution in [0.25, 0.3) is 0 Å². The molecule has 0 fully saturated rings. The molecule has 37 heavy (non-hydrogen) atoms. The van der Waals surface area contributed by atoms with Gasteiger partial charge in [0.15, 0.2) is 0 Å². The molecule has 3 aromatic rings. The summed E-state index contributed by atoms with van der Waals surface area (Å²) in [6.07, 6.45) is 0.311. The number of carbonyl (C=O) groups excluding carboxylic acids is 2. The van der Waals surface area contributed by atoms with Crippen LogP contribution < -0.4 is 5.32 Å². The van der Waals surface area contributed by atoms with E-state index < -0.39 is 11.9 Å². The van der Waals surface area contributed by atoms with Crippen molar-refractivity contribution in [2.24, 2.45) is 5.92 Å². The van der Waals surface area contributed by atoms with Crippen LogP contribution in [0.2, 0.25) is 10.0 Å². The largest absolute Gasteiger partial charge is 0.354 e. The molecule has 0 saturated heterocycles. The molecule has 0 unspecified atom stereocenters. The lowest BCUT2D eigenvalue weighted by atomic mass is 10.0. The van der Waals surface area contributed by atoms with Crippen LogP contribution in [0.1, 0.15) is 30.5 Å². The maximum atomic E-state index is 14.6. The van der Waals surface area contributed by atoms with Gasteiger partial charge in [0, 0.05) is 40.9 Å². The molecule has 0 aliphatic heterocycles. The number of carbonyl (C=O) groups is 2. The Kier molecular flexibility index (Phi) is 11.3. The second-order valence-electron chi connectivity index (χ2n) is 9.15. The van der Waals surface area contributed by atoms with E-state index in [2.05, 4.69) is 5.32 Å². The van der Waals surface area contributed by atoms with E-state index in [1.165, 1.54) is 22.7 Å². The van der Waals surface area contributed by atoms with Gasteiger partial charge in [-0.1, -0.05) is 91.6 Å². The van der Waals surface area contributed by atoms with Crippen LogP contribution >= 0.6 is 35.0 Å². The first-order chi connectivity index (χ1) is 17.8. The monoisotopic (exact) mass is 560 g/mol. The van der Waals surface area contributed by atoms with Crippen molar-refractivity contribution < 1.29 is 14.0 Å². The Hall–Kier alpha value is -2.54. The molecule has 2 amide bonds. The molecule has 0 heterocycles. The molecule has 0 saturated carbocycles. The molecule has 0 aliphatic carbocycles. The average Bonchev–Trinajstić information content (AvgIpc) is 2.88. The predicted molar refractivity (Wildman–Crippen MR) is 151 cm³/mol. The fourth-order valence-electron chi connectivity index (χ4n) is 3.78. The highest BCUT2D eigenvalue weighted by molar-refractivity contribution is 7.99. The minimum Gasteiger partial charge on any atom is -0.354 e. The van der Waals surface area contributed by atoms with Gasteiger partial charge in [-0.3, -0.25) is 9.59 Å². The summed E-state index contributed by atoms with van der Waals surface area (Å²) in [6, 6.07) is 20.3. The molecule has 1 N–H and O–H groups in total. The van der Waals surface area contributed by atoms with Crippen molar-refractivity contribution in [3.63, 3.8) is 0 Å². The Morgan fingerprint density at radius 3 is 2.24 bits per heavy atom. The Morgan fingerprint density at radius 2 is 1.59 bits per heavy atom. The number of halogens is 3. The van der Waals surface area contributed by atoms with E-state index in [-0.39, 0.29) is 30.0 Å². The third-order valence-electron chi connectivity index (χ3n) is 5.79. The zero-order chi connectivity index (χ0) is 26.8. The average molecular weight is 562 g/mol. The molecule has 1 atom stereocenters. The van der Waals surface area contributed by atoms with Crippen molar-refractivity contribution in [1.82, 2.24) is 10.2 Å². The van der Waals surface area contributed by atoms with Crippen LogP contribution in [0.4, 0.5) is 4.39 Å². The maximum Gasteiger partial charge on any atom is 0.243 e. The minimum atomic E-state index is -0.808. The molecule has 8 heteroatoms. The molecule has 0 spiro atoms. The number of hydrogen-bond donors (Lipinski definition) is 1. The van der Waals surface area contributed by atoms with E-state index in [1.807, 2.05) is 44.2 Å². The molecule has 3 rings (SSSR count). The molecule has 0 aliphatic rings. The van der Waals surface area contributed by atoms with Crippen LogP contribution in [0, 0.1) is 11.7 Å². The van der Waals surface area contributed by atoms with E-state index >= 15 is 0 Å². The van der Waals surface area contributed by atoms with Crippen LogP contribution in [0.15, 0.2) is 72.8 Å². The van der Waals surface area contributed by atoms with E-state index in [0.29, 0.717) is 34.3 Å². The number of benzene rings is 3. The number of nitrogens with zero attached hydrogens (tertiary/aromatic N) is 1.